The van der Waals surface area contributed by atoms with Gasteiger partial charge in [-0.3, -0.25) is 9.59 Å². The van der Waals surface area contributed by atoms with Crippen molar-refractivity contribution in [3.8, 4) is 5.75 Å². The molecule has 0 aliphatic carbocycles. The van der Waals surface area contributed by atoms with Crippen LogP contribution in [0.5, 0.6) is 5.75 Å². The maximum absolute atomic E-state index is 12.6. The van der Waals surface area contributed by atoms with Crippen molar-refractivity contribution in [2.45, 2.75) is 0 Å². The zero-order chi connectivity index (χ0) is 22.5. The summed E-state index contributed by atoms with van der Waals surface area (Å²) in [6.45, 7) is 2.89. The maximum atomic E-state index is 12.6. The number of amides is 2. The Morgan fingerprint density at radius 2 is 1.56 bits per heavy atom. The fraction of sp³-hybridized carbons (Fsp3) is 0.200. The first-order valence-corrected chi connectivity index (χ1v) is 11.2. The van der Waals surface area contributed by atoms with Gasteiger partial charge in [-0.25, -0.2) is 0 Å². The quantitative estimate of drug-likeness (QED) is 0.560. The van der Waals surface area contributed by atoms with Crippen molar-refractivity contribution in [1.82, 2.24) is 4.90 Å². The summed E-state index contributed by atoms with van der Waals surface area (Å²) in [6, 6.07) is 22.4. The molecule has 3 aromatic rings. The molecule has 0 atom stereocenters. The van der Waals surface area contributed by atoms with E-state index in [0.29, 0.717) is 24.4 Å². The van der Waals surface area contributed by atoms with E-state index in [0.717, 1.165) is 34.5 Å². The molecule has 1 N–H and O–H groups in total. The third-order valence-electron chi connectivity index (χ3n) is 5.49. The van der Waals surface area contributed by atoms with Gasteiger partial charge in [-0.15, -0.1) is 0 Å². The van der Waals surface area contributed by atoms with Crippen molar-refractivity contribution >= 4 is 39.1 Å². The summed E-state index contributed by atoms with van der Waals surface area (Å²) in [7, 11) is 1.59. The molecule has 1 fully saturated rings. The van der Waals surface area contributed by atoms with Gasteiger partial charge in [-0.05, 0) is 70.5 Å². The second kappa shape index (κ2) is 9.87. The number of carbonyl (C=O) groups excluding carboxylic acids is 2. The molecule has 7 heteroatoms. The molecule has 0 unspecified atom stereocenters. The van der Waals surface area contributed by atoms with Crippen molar-refractivity contribution in [3.05, 3.63) is 88.4 Å². The Hall–Kier alpha value is -3.32. The highest BCUT2D eigenvalue weighted by molar-refractivity contribution is 9.10. The molecule has 0 spiro atoms. The lowest BCUT2D eigenvalue weighted by molar-refractivity contribution is 0.0746. The lowest BCUT2D eigenvalue weighted by Gasteiger charge is -2.36. The average Bonchev–Trinajstić information content (AvgIpc) is 2.84. The molecular weight excluding hydrogens is 470 g/mol. The van der Waals surface area contributed by atoms with E-state index in [1.807, 2.05) is 59.5 Å². The number of halogens is 1. The number of nitrogens with one attached hydrogen (secondary N) is 1. The molecule has 0 radical (unpaired) electrons. The van der Waals surface area contributed by atoms with E-state index in [1.54, 1.807) is 25.3 Å². The van der Waals surface area contributed by atoms with Crippen LogP contribution in [-0.2, 0) is 0 Å². The Morgan fingerprint density at radius 1 is 0.875 bits per heavy atom. The van der Waals surface area contributed by atoms with Crippen molar-refractivity contribution in [3.63, 3.8) is 0 Å². The van der Waals surface area contributed by atoms with E-state index < -0.39 is 0 Å². The Bertz CT molecular complexity index is 1100. The summed E-state index contributed by atoms with van der Waals surface area (Å²) in [5, 5.41) is 2.92. The predicted octanol–water partition coefficient (Wildman–Crippen LogP) is 4.67. The number of benzene rings is 3. The average molecular weight is 494 g/mol. The Kier molecular flexibility index (Phi) is 6.75. The number of nitrogens with zero attached hydrogens (tertiary/aromatic N) is 2. The zero-order valence-electron chi connectivity index (χ0n) is 17.8. The molecule has 0 saturated carbocycles. The van der Waals surface area contributed by atoms with Crippen LogP contribution in [0, 0.1) is 0 Å². The van der Waals surface area contributed by atoms with E-state index in [1.165, 1.54) is 0 Å². The van der Waals surface area contributed by atoms with Gasteiger partial charge in [-0.1, -0.05) is 18.2 Å². The summed E-state index contributed by atoms with van der Waals surface area (Å²) in [5.74, 6) is 0.569. The Balaban J connectivity index is 1.33. The van der Waals surface area contributed by atoms with Gasteiger partial charge < -0.3 is 19.9 Å². The highest BCUT2D eigenvalue weighted by Crippen LogP contribution is 2.26. The fourth-order valence-electron chi connectivity index (χ4n) is 3.70. The molecule has 2 amide bonds. The zero-order valence-corrected chi connectivity index (χ0v) is 19.3. The number of hydrogen-bond donors (Lipinski definition) is 1. The van der Waals surface area contributed by atoms with Gasteiger partial charge in [0.15, 0.2) is 0 Å². The summed E-state index contributed by atoms with van der Waals surface area (Å²) in [6.07, 6.45) is 0. The maximum Gasteiger partial charge on any atom is 0.255 e. The van der Waals surface area contributed by atoms with Gasteiger partial charge in [0.1, 0.15) is 5.75 Å². The van der Waals surface area contributed by atoms with Gasteiger partial charge in [0.05, 0.1) is 11.6 Å². The first-order valence-electron chi connectivity index (χ1n) is 10.4. The Morgan fingerprint density at radius 3 is 2.19 bits per heavy atom. The minimum absolute atomic E-state index is 0.0773. The summed E-state index contributed by atoms with van der Waals surface area (Å²) < 4.78 is 5.94. The van der Waals surface area contributed by atoms with E-state index in [2.05, 4.69) is 26.1 Å². The number of ether oxygens (including phenoxy) is 1. The van der Waals surface area contributed by atoms with Crippen LogP contribution in [-0.4, -0.2) is 50.0 Å². The number of hydrogen-bond acceptors (Lipinski definition) is 4. The predicted molar refractivity (Wildman–Crippen MR) is 130 cm³/mol. The number of piperazine rings is 1. The van der Waals surface area contributed by atoms with Crippen molar-refractivity contribution in [2.24, 2.45) is 0 Å². The number of anilines is 2. The SMILES string of the molecule is COc1ccc(C(=O)Nc2ccc(N3CCN(C(=O)c4ccccc4)CC3)cc2)cc1Br. The second-order valence-electron chi connectivity index (χ2n) is 7.50. The monoisotopic (exact) mass is 493 g/mol. The van der Waals surface area contributed by atoms with E-state index in [4.69, 9.17) is 4.74 Å². The molecule has 32 heavy (non-hydrogen) atoms. The smallest absolute Gasteiger partial charge is 0.255 e. The molecule has 4 rings (SSSR count). The molecule has 0 bridgehead atoms. The van der Waals surface area contributed by atoms with Crippen molar-refractivity contribution < 1.29 is 14.3 Å². The lowest BCUT2D eigenvalue weighted by atomic mass is 10.1. The molecule has 1 heterocycles. The van der Waals surface area contributed by atoms with Crippen molar-refractivity contribution in [2.75, 3.05) is 43.5 Å². The normalized spacial score (nSPS) is 13.6. The van der Waals surface area contributed by atoms with Gasteiger partial charge in [0.25, 0.3) is 11.8 Å². The molecule has 1 aliphatic heterocycles. The molecule has 164 valence electrons. The van der Waals surface area contributed by atoms with Crippen LogP contribution in [0.25, 0.3) is 0 Å². The van der Waals surface area contributed by atoms with Gasteiger partial charge in [0, 0.05) is 48.7 Å². The van der Waals surface area contributed by atoms with Crippen LogP contribution in [0.15, 0.2) is 77.3 Å². The highest BCUT2D eigenvalue weighted by Gasteiger charge is 2.22. The molecule has 3 aromatic carbocycles. The van der Waals surface area contributed by atoms with Crippen molar-refractivity contribution in [1.29, 1.82) is 0 Å². The standard InChI is InChI=1S/C25H24BrN3O3/c1-32-23-12-7-19(17-22(23)26)24(30)27-20-8-10-21(11-9-20)28-13-15-29(16-14-28)25(31)18-5-3-2-4-6-18/h2-12,17H,13-16H2,1H3,(H,27,30). The van der Waals surface area contributed by atoms with Crippen LogP contribution < -0.4 is 15.0 Å². The first kappa shape index (κ1) is 21.9. The van der Waals surface area contributed by atoms with Crippen LogP contribution in [0.4, 0.5) is 11.4 Å². The summed E-state index contributed by atoms with van der Waals surface area (Å²) in [5.41, 5.74) is 3.07. The molecule has 1 aliphatic rings. The van der Waals surface area contributed by atoms with Gasteiger partial charge >= 0.3 is 0 Å². The Labute approximate surface area is 195 Å². The molecule has 6 nitrogen and oxygen atoms in total. The molecule has 0 aromatic heterocycles. The second-order valence-corrected chi connectivity index (χ2v) is 8.35. The molecular formula is C25H24BrN3O3. The minimum atomic E-state index is -0.186. The van der Waals surface area contributed by atoms with E-state index in [9.17, 15) is 9.59 Å². The summed E-state index contributed by atoms with van der Waals surface area (Å²) >= 11 is 3.41. The van der Waals surface area contributed by atoms with E-state index >= 15 is 0 Å². The minimum Gasteiger partial charge on any atom is -0.496 e. The van der Waals surface area contributed by atoms with Crippen LogP contribution in [0.1, 0.15) is 20.7 Å². The lowest BCUT2D eigenvalue weighted by Crippen LogP contribution is -2.48. The van der Waals surface area contributed by atoms with E-state index in [-0.39, 0.29) is 11.8 Å². The number of rotatable bonds is 5. The third-order valence-corrected chi connectivity index (χ3v) is 6.11. The third kappa shape index (κ3) is 4.94. The summed E-state index contributed by atoms with van der Waals surface area (Å²) in [4.78, 5) is 29.3. The number of carbonyl (C=O) groups is 2. The van der Waals surface area contributed by atoms with Crippen LogP contribution >= 0.6 is 15.9 Å². The number of methoxy groups -OCH3 is 1. The topological polar surface area (TPSA) is 61.9 Å². The van der Waals surface area contributed by atoms with Crippen LogP contribution in [0.2, 0.25) is 0 Å². The van der Waals surface area contributed by atoms with Gasteiger partial charge in [0.2, 0.25) is 0 Å². The first-order chi connectivity index (χ1) is 15.5. The largest absolute Gasteiger partial charge is 0.496 e. The fourth-order valence-corrected chi connectivity index (χ4v) is 4.24. The molecule has 1 saturated heterocycles. The van der Waals surface area contributed by atoms with Crippen LogP contribution in [0.3, 0.4) is 0 Å². The highest BCUT2D eigenvalue weighted by atomic mass is 79.9. The van der Waals surface area contributed by atoms with Gasteiger partial charge in [-0.2, -0.15) is 0 Å².